The van der Waals surface area contributed by atoms with Gasteiger partial charge >= 0.3 is 0 Å². The second-order valence-corrected chi connectivity index (χ2v) is 7.11. The number of aryl methyl sites for hydroxylation is 1. The van der Waals surface area contributed by atoms with E-state index in [1.165, 1.54) is 0 Å². The van der Waals surface area contributed by atoms with Crippen molar-refractivity contribution in [3.8, 4) is 16.9 Å². The fourth-order valence-electron chi connectivity index (χ4n) is 3.39. The van der Waals surface area contributed by atoms with Crippen molar-refractivity contribution in [3.05, 3.63) is 53.2 Å². The minimum atomic E-state index is -0.271. The fourth-order valence-corrected chi connectivity index (χ4v) is 3.39. The van der Waals surface area contributed by atoms with Crippen LogP contribution in [0.15, 0.2) is 42.1 Å². The molecule has 1 fully saturated rings. The van der Waals surface area contributed by atoms with Gasteiger partial charge in [-0.15, -0.1) is 0 Å². The van der Waals surface area contributed by atoms with Gasteiger partial charge in [0.1, 0.15) is 11.4 Å². The summed E-state index contributed by atoms with van der Waals surface area (Å²) in [5.74, 6) is 0.465. The monoisotopic (exact) mass is 380 g/mol. The lowest BCUT2D eigenvalue weighted by molar-refractivity contribution is -0.118. The lowest BCUT2D eigenvalue weighted by atomic mass is 9.93. The van der Waals surface area contributed by atoms with E-state index in [-0.39, 0.29) is 17.6 Å². The number of carbonyl (C=O) groups excluding carboxylic acids is 1. The maximum Gasteiger partial charge on any atom is 0.269 e. The molecule has 3 rings (SSSR count). The summed E-state index contributed by atoms with van der Waals surface area (Å²) in [5.41, 5.74) is 17.4. The average molecular weight is 380 g/mol. The van der Waals surface area contributed by atoms with Crippen LogP contribution in [-0.4, -0.2) is 26.1 Å². The number of methoxy groups -OCH3 is 1. The van der Waals surface area contributed by atoms with Crippen molar-refractivity contribution in [1.82, 2.24) is 10.6 Å². The number of amides is 1. The summed E-state index contributed by atoms with van der Waals surface area (Å²) < 4.78 is 5.51. The molecular weight excluding hydrogens is 352 g/mol. The van der Waals surface area contributed by atoms with Gasteiger partial charge < -0.3 is 26.8 Å². The molecule has 0 unspecified atom stereocenters. The Morgan fingerprint density at radius 2 is 1.93 bits per heavy atom. The molecule has 6 heteroatoms. The molecule has 1 amide bonds. The molecule has 0 aliphatic heterocycles. The SMILES string of the molecule is CN/C(=C(/N)C(=O)NC1CCC1)c1cccc(-c2cc(C)ccc2OC)c1N. The van der Waals surface area contributed by atoms with E-state index in [0.29, 0.717) is 16.9 Å². The van der Waals surface area contributed by atoms with E-state index in [2.05, 4.69) is 10.6 Å². The zero-order chi connectivity index (χ0) is 20.3. The summed E-state index contributed by atoms with van der Waals surface area (Å²) in [4.78, 5) is 12.5. The molecule has 148 valence electrons. The Morgan fingerprint density at radius 3 is 2.54 bits per heavy atom. The minimum absolute atomic E-state index is 0.134. The van der Waals surface area contributed by atoms with Crippen molar-refractivity contribution in [3.63, 3.8) is 0 Å². The number of hydrogen-bond donors (Lipinski definition) is 4. The van der Waals surface area contributed by atoms with Gasteiger partial charge in [-0.25, -0.2) is 0 Å². The van der Waals surface area contributed by atoms with Crippen LogP contribution in [0.25, 0.3) is 16.8 Å². The number of nitrogens with one attached hydrogen (secondary N) is 2. The number of para-hydroxylation sites is 1. The van der Waals surface area contributed by atoms with Crippen molar-refractivity contribution >= 4 is 17.3 Å². The Bertz CT molecular complexity index is 917. The van der Waals surface area contributed by atoms with Crippen LogP contribution in [0.3, 0.4) is 0 Å². The summed E-state index contributed by atoms with van der Waals surface area (Å²) in [7, 11) is 3.37. The van der Waals surface area contributed by atoms with E-state index in [0.717, 1.165) is 41.7 Å². The molecular formula is C22H28N4O2. The summed E-state index contributed by atoms with van der Waals surface area (Å²) in [6.45, 7) is 2.02. The molecule has 0 saturated heterocycles. The normalized spacial score (nSPS) is 14.7. The molecule has 1 aliphatic rings. The maximum absolute atomic E-state index is 12.5. The van der Waals surface area contributed by atoms with E-state index in [1.54, 1.807) is 14.2 Å². The lowest BCUT2D eigenvalue weighted by Gasteiger charge is -2.27. The van der Waals surface area contributed by atoms with Gasteiger partial charge in [-0.3, -0.25) is 4.79 Å². The Hall–Kier alpha value is -3.15. The maximum atomic E-state index is 12.5. The summed E-state index contributed by atoms with van der Waals surface area (Å²) in [5, 5.41) is 6.02. The Morgan fingerprint density at radius 1 is 1.18 bits per heavy atom. The molecule has 2 aromatic rings. The summed E-state index contributed by atoms with van der Waals surface area (Å²) >= 11 is 0. The Balaban J connectivity index is 2.05. The fraction of sp³-hybridized carbons (Fsp3) is 0.318. The average Bonchev–Trinajstić information content (AvgIpc) is 2.66. The predicted octanol–water partition coefficient (Wildman–Crippen LogP) is 2.77. The highest BCUT2D eigenvalue weighted by atomic mass is 16.5. The van der Waals surface area contributed by atoms with Crippen LogP contribution in [-0.2, 0) is 4.79 Å². The van der Waals surface area contributed by atoms with E-state index >= 15 is 0 Å². The third-order valence-electron chi connectivity index (χ3n) is 5.22. The molecule has 0 spiro atoms. The highest BCUT2D eigenvalue weighted by Crippen LogP contribution is 2.37. The zero-order valence-corrected chi connectivity index (χ0v) is 16.6. The van der Waals surface area contributed by atoms with Crippen molar-refractivity contribution in [2.75, 3.05) is 19.9 Å². The van der Waals surface area contributed by atoms with Gasteiger partial charge in [0.25, 0.3) is 5.91 Å². The largest absolute Gasteiger partial charge is 0.496 e. The van der Waals surface area contributed by atoms with Crippen molar-refractivity contribution in [1.29, 1.82) is 0 Å². The van der Waals surface area contributed by atoms with Gasteiger partial charge in [0, 0.05) is 35.5 Å². The van der Waals surface area contributed by atoms with Crippen molar-refractivity contribution in [2.45, 2.75) is 32.2 Å². The number of ether oxygens (including phenoxy) is 1. The van der Waals surface area contributed by atoms with Crippen LogP contribution in [0.5, 0.6) is 5.75 Å². The van der Waals surface area contributed by atoms with E-state index in [9.17, 15) is 4.79 Å². The Kier molecular flexibility index (Phi) is 5.78. The van der Waals surface area contributed by atoms with Gasteiger partial charge in [-0.1, -0.05) is 29.8 Å². The molecule has 6 nitrogen and oxygen atoms in total. The summed E-state index contributed by atoms with van der Waals surface area (Å²) in [6, 6.07) is 11.9. The Labute approximate surface area is 165 Å². The summed E-state index contributed by atoms with van der Waals surface area (Å²) in [6.07, 6.45) is 3.14. The lowest BCUT2D eigenvalue weighted by Crippen LogP contribution is -2.42. The minimum Gasteiger partial charge on any atom is -0.496 e. The van der Waals surface area contributed by atoms with Crippen LogP contribution in [0.2, 0.25) is 0 Å². The van der Waals surface area contributed by atoms with Crippen LogP contribution in [0, 0.1) is 6.92 Å². The van der Waals surface area contributed by atoms with Crippen molar-refractivity contribution in [2.24, 2.45) is 5.73 Å². The molecule has 28 heavy (non-hydrogen) atoms. The van der Waals surface area contributed by atoms with Crippen LogP contribution in [0.1, 0.15) is 30.4 Å². The quantitative estimate of drug-likeness (QED) is 0.456. The van der Waals surface area contributed by atoms with Crippen LogP contribution >= 0.6 is 0 Å². The number of carbonyl (C=O) groups is 1. The number of hydrogen-bond acceptors (Lipinski definition) is 5. The molecule has 2 aromatic carbocycles. The zero-order valence-electron chi connectivity index (χ0n) is 16.6. The third-order valence-corrected chi connectivity index (χ3v) is 5.22. The predicted molar refractivity (Wildman–Crippen MR) is 114 cm³/mol. The number of anilines is 1. The first-order valence-corrected chi connectivity index (χ1v) is 9.48. The first-order valence-electron chi connectivity index (χ1n) is 9.48. The molecule has 0 bridgehead atoms. The standard InChI is InChI=1S/C22H28N4O2/c1-13-10-11-18(28-3)17(12-13)15-8-5-9-16(19(15)23)21(25-2)20(24)22(27)26-14-6-4-7-14/h5,8-12,14,25H,4,6-7,23-24H2,1-3H3,(H,26,27)/b21-20+. The number of rotatable bonds is 6. The first-order chi connectivity index (χ1) is 13.5. The van der Waals surface area contributed by atoms with Gasteiger partial charge in [0.15, 0.2) is 0 Å². The highest BCUT2D eigenvalue weighted by Gasteiger charge is 2.23. The van der Waals surface area contributed by atoms with Crippen LogP contribution in [0.4, 0.5) is 5.69 Å². The third kappa shape index (κ3) is 3.76. The molecule has 6 N–H and O–H groups in total. The van der Waals surface area contributed by atoms with Crippen LogP contribution < -0.4 is 26.8 Å². The van der Waals surface area contributed by atoms with Crippen molar-refractivity contribution < 1.29 is 9.53 Å². The highest BCUT2D eigenvalue weighted by molar-refractivity contribution is 6.02. The molecule has 0 atom stereocenters. The van der Waals surface area contributed by atoms with Gasteiger partial charge in [-0.2, -0.15) is 0 Å². The molecule has 0 radical (unpaired) electrons. The number of nitrogen functional groups attached to an aromatic ring is 1. The number of nitrogens with two attached hydrogens (primary N) is 2. The van der Waals surface area contributed by atoms with Gasteiger partial charge in [-0.05, 0) is 38.3 Å². The smallest absolute Gasteiger partial charge is 0.269 e. The second-order valence-electron chi connectivity index (χ2n) is 7.11. The van der Waals surface area contributed by atoms with E-state index < -0.39 is 0 Å². The van der Waals surface area contributed by atoms with Gasteiger partial charge in [0.05, 0.1) is 12.8 Å². The van der Waals surface area contributed by atoms with E-state index in [1.807, 2.05) is 43.3 Å². The molecule has 0 aromatic heterocycles. The topological polar surface area (TPSA) is 102 Å². The molecule has 1 aliphatic carbocycles. The number of benzene rings is 2. The molecule has 1 saturated carbocycles. The van der Waals surface area contributed by atoms with Gasteiger partial charge in [0.2, 0.25) is 0 Å². The molecule has 0 heterocycles. The first kappa shape index (κ1) is 19.6. The van der Waals surface area contributed by atoms with E-state index in [4.69, 9.17) is 16.2 Å². The second kappa shape index (κ2) is 8.25.